The van der Waals surface area contributed by atoms with Gasteiger partial charge in [0.2, 0.25) is 0 Å². The minimum Gasteiger partial charge on any atom is -0.468 e. The second-order valence-corrected chi connectivity index (χ2v) is 13.1. The van der Waals surface area contributed by atoms with Crippen molar-refractivity contribution in [2.45, 2.75) is 58.2 Å². The van der Waals surface area contributed by atoms with Crippen LogP contribution in [0.25, 0.3) is 0 Å². The number of carbonyl (C=O) groups excluding carboxylic acids is 2. The highest BCUT2D eigenvalue weighted by Crippen LogP contribution is 2.47. The summed E-state index contributed by atoms with van der Waals surface area (Å²) in [5.41, 5.74) is 1.10. The third-order valence-electron chi connectivity index (χ3n) is 5.50. The fraction of sp³-hybridized carbons (Fsp3) is 0.765. The summed E-state index contributed by atoms with van der Waals surface area (Å²) in [4.78, 5) is 24.6. The second kappa shape index (κ2) is 6.57. The predicted octanol–water partition coefficient (Wildman–Crippen LogP) is 3.72. The highest BCUT2D eigenvalue weighted by molar-refractivity contribution is 6.84. The van der Waals surface area contributed by atoms with Crippen molar-refractivity contribution in [3.05, 3.63) is 11.8 Å². The van der Waals surface area contributed by atoms with Gasteiger partial charge in [-0.15, -0.1) is 0 Å². The van der Waals surface area contributed by atoms with Gasteiger partial charge in [0.15, 0.2) is 5.41 Å². The predicted molar refractivity (Wildman–Crippen MR) is 90.1 cm³/mol. The molecule has 5 heteroatoms. The van der Waals surface area contributed by atoms with Crippen molar-refractivity contribution in [3.8, 4) is 0 Å². The van der Waals surface area contributed by atoms with Crippen molar-refractivity contribution in [1.29, 1.82) is 0 Å². The molecule has 126 valence electrons. The molecule has 0 amide bonds. The molecule has 0 bridgehead atoms. The lowest BCUT2D eigenvalue weighted by molar-refractivity contribution is -0.170. The molecule has 0 spiro atoms. The highest BCUT2D eigenvalue weighted by atomic mass is 28.3. The normalized spacial score (nSPS) is 21.9. The Morgan fingerprint density at radius 2 is 1.64 bits per heavy atom. The summed E-state index contributed by atoms with van der Waals surface area (Å²) in [6, 6.07) is 0. The van der Waals surface area contributed by atoms with Gasteiger partial charge in [-0.05, 0) is 17.9 Å². The molecular weight excluding hydrogens is 296 g/mol. The van der Waals surface area contributed by atoms with Crippen molar-refractivity contribution in [1.82, 2.24) is 0 Å². The zero-order chi connectivity index (χ0) is 17.2. The SMILES string of the molecule is COC(=O)C1(C(=O)OC)CCC[C@H]1/C=C\[Si](C)(C)C(C)(C)C. The quantitative estimate of drug-likeness (QED) is 0.449. The van der Waals surface area contributed by atoms with Gasteiger partial charge in [-0.3, -0.25) is 9.59 Å². The van der Waals surface area contributed by atoms with Crippen molar-refractivity contribution >= 4 is 20.0 Å². The Balaban J connectivity index is 3.17. The van der Waals surface area contributed by atoms with Crippen LogP contribution in [0.15, 0.2) is 11.8 Å². The van der Waals surface area contributed by atoms with E-state index in [1.165, 1.54) is 14.2 Å². The lowest BCUT2D eigenvalue weighted by atomic mass is 9.77. The first-order chi connectivity index (χ1) is 10.0. The molecule has 0 aromatic rings. The van der Waals surface area contributed by atoms with Crippen LogP contribution in [0.2, 0.25) is 18.1 Å². The van der Waals surface area contributed by atoms with Crippen LogP contribution in [-0.2, 0) is 19.1 Å². The van der Waals surface area contributed by atoms with Gasteiger partial charge < -0.3 is 9.47 Å². The number of hydrogen-bond acceptors (Lipinski definition) is 4. The Morgan fingerprint density at radius 3 is 2.05 bits per heavy atom. The lowest BCUT2D eigenvalue weighted by Crippen LogP contribution is -2.44. The van der Waals surface area contributed by atoms with Gasteiger partial charge in [0, 0.05) is 5.92 Å². The molecule has 1 atom stereocenters. The van der Waals surface area contributed by atoms with Gasteiger partial charge >= 0.3 is 11.9 Å². The van der Waals surface area contributed by atoms with Gasteiger partial charge in [0.05, 0.1) is 22.3 Å². The summed E-state index contributed by atoms with van der Waals surface area (Å²) in [6.45, 7) is 11.3. The maximum Gasteiger partial charge on any atom is 0.323 e. The van der Waals surface area contributed by atoms with Crippen LogP contribution in [0, 0.1) is 11.3 Å². The van der Waals surface area contributed by atoms with Crippen LogP contribution >= 0.6 is 0 Å². The van der Waals surface area contributed by atoms with Crippen molar-refractivity contribution in [2.24, 2.45) is 11.3 Å². The molecule has 0 aliphatic heterocycles. The zero-order valence-corrected chi connectivity index (χ0v) is 16.0. The van der Waals surface area contributed by atoms with E-state index in [9.17, 15) is 9.59 Å². The Kier molecular flexibility index (Phi) is 5.65. The molecule has 1 saturated carbocycles. The molecule has 0 heterocycles. The maximum absolute atomic E-state index is 12.3. The van der Waals surface area contributed by atoms with Crippen molar-refractivity contribution in [2.75, 3.05) is 14.2 Å². The number of ether oxygens (including phenoxy) is 2. The van der Waals surface area contributed by atoms with Crippen LogP contribution in [-0.4, -0.2) is 34.2 Å². The van der Waals surface area contributed by atoms with Crippen LogP contribution in [0.1, 0.15) is 40.0 Å². The summed E-state index contributed by atoms with van der Waals surface area (Å²) >= 11 is 0. The van der Waals surface area contributed by atoms with E-state index in [0.29, 0.717) is 6.42 Å². The van der Waals surface area contributed by atoms with Crippen LogP contribution in [0.3, 0.4) is 0 Å². The summed E-state index contributed by atoms with van der Waals surface area (Å²) in [6.07, 6.45) is 4.23. The van der Waals surface area contributed by atoms with E-state index in [1.807, 2.05) is 0 Å². The minimum atomic E-state index is -1.61. The zero-order valence-electron chi connectivity index (χ0n) is 15.0. The molecule has 1 fully saturated rings. The fourth-order valence-corrected chi connectivity index (χ4v) is 4.07. The minimum absolute atomic E-state index is 0.137. The third kappa shape index (κ3) is 3.29. The number of carbonyl (C=O) groups is 2. The maximum atomic E-state index is 12.3. The first-order valence-electron chi connectivity index (χ1n) is 7.89. The number of allylic oxidation sites excluding steroid dienone is 1. The highest BCUT2D eigenvalue weighted by Gasteiger charge is 2.56. The molecule has 0 N–H and O–H groups in total. The molecule has 1 rings (SSSR count). The molecule has 0 saturated heterocycles. The van der Waals surface area contributed by atoms with Gasteiger partial charge in [0.25, 0.3) is 0 Å². The topological polar surface area (TPSA) is 52.6 Å². The van der Waals surface area contributed by atoms with E-state index in [4.69, 9.17) is 9.47 Å². The molecule has 1 aliphatic carbocycles. The standard InChI is InChI=1S/C17H30O4Si/c1-16(2,3)22(6,7)12-10-13-9-8-11-17(13,14(18)20-4)15(19)21-5/h10,12-13H,8-9,11H2,1-7H3/b12-10-/t13-/m0/s1. The summed E-state index contributed by atoms with van der Waals surface area (Å²) in [5, 5.41) is 0.224. The Morgan fingerprint density at radius 1 is 1.14 bits per heavy atom. The Hall–Kier alpha value is -1.10. The first-order valence-corrected chi connectivity index (χ1v) is 11.0. The lowest BCUT2D eigenvalue weighted by Gasteiger charge is -2.35. The summed E-state index contributed by atoms with van der Waals surface area (Å²) < 4.78 is 9.86. The van der Waals surface area contributed by atoms with Crippen LogP contribution in [0.5, 0.6) is 0 Å². The van der Waals surface area contributed by atoms with Gasteiger partial charge in [-0.25, -0.2) is 0 Å². The van der Waals surface area contributed by atoms with E-state index < -0.39 is 25.4 Å². The molecule has 4 nitrogen and oxygen atoms in total. The summed E-state index contributed by atoms with van der Waals surface area (Å²) in [5.74, 6) is -1.08. The molecular formula is C17H30O4Si. The van der Waals surface area contributed by atoms with Crippen molar-refractivity contribution < 1.29 is 19.1 Å². The average Bonchev–Trinajstić information content (AvgIpc) is 2.87. The van der Waals surface area contributed by atoms with Crippen LogP contribution in [0.4, 0.5) is 0 Å². The first kappa shape index (κ1) is 18.9. The average molecular weight is 327 g/mol. The van der Waals surface area contributed by atoms with E-state index in [2.05, 4.69) is 45.6 Å². The monoisotopic (exact) mass is 326 g/mol. The smallest absolute Gasteiger partial charge is 0.323 e. The molecule has 22 heavy (non-hydrogen) atoms. The molecule has 0 unspecified atom stereocenters. The van der Waals surface area contributed by atoms with Gasteiger partial charge in [0.1, 0.15) is 0 Å². The van der Waals surface area contributed by atoms with E-state index in [1.54, 1.807) is 0 Å². The third-order valence-corrected chi connectivity index (χ3v) is 10.4. The summed E-state index contributed by atoms with van der Waals surface area (Å²) in [7, 11) is 1.06. The van der Waals surface area contributed by atoms with E-state index in [0.717, 1.165) is 12.8 Å². The van der Waals surface area contributed by atoms with Gasteiger partial charge in [-0.1, -0.05) is 52.1 Å². The number of hydrogen-bond donors (Lipinski definition) is 0. The van der Waals surface area contributed by atoms with Gasteiger partial charge in [-0.2, -0.15) is 0 Å². The van der Waals surface area contributed by atoms with Crippen LogP contribution < -0.4 is 0 Å². The number of methoxy groups -OCH3 is 2. The molecule has 1 aliphatic rings. The molecule has 0 radical (unpaired) electrons. The Labute approximate surface area is 135 Å². The Bertz CT molecular complexity index is 444. The number of rotatable bonds is 4. The second-order valence-electron chi connectivity index (χ2n) is 7.78. The van der Waals surface area contributed by atoms with E-state index in [-0.39, 0.29) is 11.0 Å². The van der Waals surface area contributed by atoms with Crippen molar-refractivity contribution in [3.63, 3.8) is 0 Å². The number of esters is 2. The fourth-order valence-electron chi connectivity index (χ4n) is 2.85. The largest absolute Gasteiger partial charge is 0.468 e. The van der Waals surface area contributed by atoms with E-state index >= 15 is 0 Å². The molecule has 0 aromatic heterocycles. The molecule has 0 aromatic carbocycles.